The van der Waals surface area contributed by atoms with Crippen LogP contribution in [-0.4, -0.2) is 31.0 Å². The first-order valence-electron chi connectivity index (χ1n) is 5.89. The highest BCUT2D eigenvalue weighted by Gasteiger charge is 2.23. The van der Waals surface area contributed by atoms with Gasteiger partial charge in [0, 0.05) is 6.07 Å². The van der Waals surface area contributed by atoms with Crippen molar-refractivity contribution in [1.82, 2.24) is 15.0 Å². The van der Waals surface area contributed by atoms with Crippen LogP contribution in [-0.2, 0) is 6.42 Å². The summed E-state index contributed by atoms with van der Waals surface area (Å²) >= 11 is 0. The van der Waals surface area contributed by atoms with Gasteiger partial charge in [0.15, 0.2) is 5.69 Å². The summed E-state index contributed by atoms with van der Waals surface area (Å²) in [6, 6.07) is 4.65. The predicted molar refractivity (Wildman–Crippen MR) is 69.1 cm³/mol. The summed E-state index contributed by atoms with van der Waals surface area (Å²) in [4.78, 5) is 21.6. The fraction of sp³-hybridized carbons (Fsp3) is 0.250. The number of carboxylic acids is 1. The zero-order chi connectivity index (χ0) is 14.9. The standard InChI is InChI=1S/C12H12N4O4/c1-3-8-11(12(17)18)13-14-15(8)9-5-4-7(2)6-10(9)16(19)20/h4-6H,3H2,1-2H3,(H,17,18). The number of carbonyl (C=O) groups is 1. The number of nitro groups is 1. The lowest BCUT2D eigenvalue weighted by atomic mass is 10.2. The van der Waals surface area contributed by atoms with Crippen LogP contribution in [0.5, 0.6) is 0 Å². The summed E-state index contributed by atoms with van der Waals surface area (Å²) in [5, 5.41) is 27.5. The molecule has 2 aromatic rings. The molecule has 0 amide bonds. The molecule has 0 saturated heterocycles. The van der Waals surface area contributed by atoms with E-state index in [1.165, 1.54) is 16.8 Å². The van der Waals surface area contributed by atoms with E-state index in [-0.39, 0.29) is 17.1 Å². The van der Waals surface area contributed by atoms with E-state index in [4.69, 9.17) is 5.11 Å². The molecule has 0 bridgehead atoms. The van der Waals surface area contributed by atoms with Gasteiger partial charge in [-0.2, -0.15) is 0 Å². The number of nitrogens with zero attached hydrogens (tertiary/aromatic N) is 4. The van der Waals surface area contributed by atoms with E-state index in [9.17, 15) is 14.9 Å². The minimum absolute atomic E-state index is 0.137. The molecule has 1 N–H and O–H groups in total. The first-order valence-corrected chi connectivity index (χ1v) is 5.89. The maximum absolute atomic E-state index is 11.1. The highest BCUT2D eigenvalue weighted by Crippen LogP contribution is 2.25. The van der Waals surface area contributed by atoms with Crippen molar-refractivity contribution in [2.45, 2.75) is 20.3 Å². The van der Waals surface area contributed by atoms with Gasteiger partial charge >= 0.3 is 5.97 Å². The van der Waals surface area contributed by atoms with Gasteiger partial charge in [0.2, 0.25) is 0 Å². The Morgan fingerprint density at radius 1 is 1.50 bits per heavy atom. The molecule has 8 nitrogen and oxygen atoms in total. The van der Waals surface area contributed by atoms with Crippen molar-refractivity contribution in [3.05, 3.63) is 45.3 Å². The molecule has 0 atom stereocenters. The zero-order valence-corrected chi connectivity index (χ0v) is 10.9. The van der Waals surface area contributed by atoms with Crippen LogP contribution in [0.15, 0.2) is 18.2 Å². The summed E-state index contributed by atoms with van der Waals surface area (Å²) in [6.07, 6.45) is 0.347. The molecule has 1 aromatic heterocycles. The number of rotatable bonds is 4. The lowest BCUT2D eigenvalue weighted by molar-refractivity contribution is -0.384. The molecule has 1 aromatic carbocycles. The molecule has 0 fully saturated rings. The van der Waals surface area contributed by atoms with Crippen molar-refractivity contribution >= 4 is 11.7 Å². The third-order valence-corrected chi connectivity index (χ3v) is 2.86. The molecular formula is C12H12N4O4. The molecule has 0 unspecified atom stereocenters. The Labute approximate surface area is 113 Å². The number of hydrogen-bond donors (Lipinski definition) is 1. The lowest BCUT2D eigenvalue weighted by Gasteiger charge is -2.06. The zero-order valence-electron chi connectivity index (χ0n) is 10.9. The summed E-state index contributed by atoms with van der Waals surface area (Å²) in [5.74, 6) is -1.21. The molecule has 0 aliphatic carbocycles. The van der Waals surface area contributed by atoms with Crippen LogP contribution in [0.1, 0.15) is 28.7 Å². The Balaban J connectivity index is 2.69. The number of aromatic nitrogens is 3. The average Bonchev–Trinajstić information content (AvgIpc) is 2.82. The number of aromatic carboxylic acids is 1. The molecule has 2 rings (SSSR count). The van der Waals surface area contributed by atoms with Gasteiger partial charge in [-0.15, -0.1) is 5.10 Å². The van der Waals surface area contributed by atoms with Crippen LogP contribution in [0.3, 0.4) is 0 Å². The van der Waals surface area contributed by atoms with E-state index in [2.05, 4.69) is 10.3 Å². The summed E-state index contributed by atoms with van der Waals surface area (Å²) in [6.45, 7) is 3.48. The number of hydrogen-bond acceptors (Lipinski definition) is 5. The molecule has 1 heterocycles. The molecule has 104 valence electrons. The minimum Gasteiger partial charge on any atom is -0.476 e. The quantitative estimate of drug-likeness (QED) is 0.672. The molecule has 20 heavy (non-hydrogen) atoms. The maximum Gasteiger partial charge on any atom is 0.358 e. The van der Waals surface area contributed by atoms with Crippen molar-refractivity contribution in [3.8, 4) is 5.69 Å². The fourth-order valence-corrected chi connectivity index (χ4v) is 1.94. The summed E-state index contributed by atoms with van der Waals surface area (Å²) in [5.41, 5.74) is 0.933. The van der Waals surface area contributed by atoms with E-state index < -0.39 is 10.9 Å². The second kappa shape index (κ2) is 5.08. The SMILES string of the molecule is CCc1c(C(=O)O)nnn1-c1ccc(C)cc1[N+](=O)[O-]. The van der Waals surface area contributed by atoms with Crippen LogP contribution < -0.4 is 0 Å². The maximum atomic E-state index is 11.1. The van der Waals surface area contributed by atoms with Gasteiger partial charge < -0.3 is 5.11 Å². The highest BCUT2D eigenvalue weighted by molar-refractivity contribution is 5.86. The molecule has 0 radical (unpaired) electrons. The smallest absolute Gasteiger partial charge is 0.358 e. The van der Waals surface area contributed by atoms with E-state index >= 15 is 0 Å². The van der Waals surface area contributed by atoms with Crippen LogP contribution in [0, 0.1) is 17.0 Å². The van der Waals surface area contributed by atoms with Crippen LogP contribution in [0.4, 0.5) is 5.69 Å². The lowest BCUT2D eigenvalue weighted by Crippen LogP contribution is -2.08. The molecular weight excluding hydrogens is 264 g/mol. The molecule has 0 saturated carbocycles. The minimum atomic E-state index is -1.21. The van der Waals surface area contributed by atoms with Crippen molar-refractivity contribution in [1.29, 1.82) is 0 Å². The predicted octanol–water partition coefficient (Wildman–Crippen LogP) is 1.74. The van der Waals surface area contributed by atoms with Crippen molar-refractivity contribution in [2.24, 2.45) is 0 Å². The van der Waals surface area contributed by atoms with Gasteiger partial charge in [0.1, 0.15) is 5.69 Å². The van der Waals surface area contributed by atoms with Gasteiger partial charge in [0.25, 0.3) is 5.69 Å². The van der Waals surface area contributed by atoms with Crippen molar-refractivity contribution in [3.63, 3.8) is 0 Å². The van der Waals surface area contributed by atoms with Gasteiger partial charge in [-0.25, -0.2) is 9.48 Å². The molecule has 0 aliphatic rings. The van der Waals surface area contributed by atoms with Gasteiger partial charge in [0.05, 0.1) is 10.6 Å². The number of benzene rings is 1. The van der Waals surface area contributed by atoms with Crippen LogP contribution >= 0.6 is 0 Å². The second-order valence-corrected chi connectivity index (χ2v) is 4.20. The number of carboxylic acid groups (broad SMARTS) is 1. The number of nitro benzene ring substituents is 1. The third-order valence-electron chi connectivity index (χ3n) is 2.86. The Hall–Kier alpha value is -2.77. The molecule has 8 heteroatoms. The largest absolute Gasteiger partial charge is 0.476 e. The van der Waals surface area contributed by atoms with E-state index in [1.54, 1.807) is 19.9 Å². The third kappa shape index (κ3) is 2.22. The van der Waals surface area contributed by atoms with Gasteiger partial charge in [-0.3, -0.25) is 10.1 Å². The van der Waals surface area contributed by atoms with E-state index in [0.717, 1.165) is 5.56 Å². The normalized spacial score (nSPS) is 10.5. The Bertz CT molecular complexity index is 693. The number of aryl methyl sites for hydroxylation is 1. The monoisotopic (exact) mass is 276 g/mol. The fourth-order valence-electron chi connectivity index (χ4n) is 1.94. The van der Waals surface area contributed by atoms with Crippen molar-refractivity contribution < 1.29 is 14.8 Å². The first kappa shape index (κ1) is 13.7. The highest BCUT2D eigenvalue weighted by atomic mass is 16.6. The van der Waals surface area contributed by atoms with Crippen LogP contribution in [0.25, 0.3) is 5.69 Å². The molecule has 0 spiro atoms. The van der Waals surface area contributed by atoms with Gasteiger partial charge in [-0.05, 0) is 25.0 Å². The topological polar surface area (TPSA) is 111 Å². The Morgan fingerprint density at radius 3 is 2.75 bits per heavy atom. The van der Waals surface area contributed by atoms with Crippen molar-refractivity contribution in [2.75, 3.05) is 0 Å². The summed E-state index contributed by atoms with van der Waals surface area (Å²) in [7, 11) is 0. The van der Waals surface area contributed by atoms with E-state index in [1.807, 2.05) is 0 Å². The second-order valence-electron chi connectivity index (χ2n) is 4.20. The first-order chi connectivity index (χ1) is 9.45. The van der Waals surface area contributed by atoms with Gasteiger partial charge in [-0.1, -0.05) is 18.2 Å². The van der Waals surface area contributed by atoms with Crippen LogP contribution in [0.2, 0.25) is 0 Å². The van der Waals surface area contributed by atoms with E-state index in [0.29, 0.717) is 12.1 Å². The average molecular weight is 276 g/mol. The molecule has 0 aliphatic heterocycles. The Kier molecular flexibility index (Phi) is 3.47. The summed E-state index contributed by atoms with van der Waals surface area (Å²) < 4.78 is 1.21. The Morgan fingerprint density at radius 2 is 2.20 bits per heavy atom.